The summed E-state index contributed by atoms with van der Waals surface area (Å²) < 4.78 is 0. The van der Waals surface area contributed by atoms with Crippen LogP contribution in [0.1, 0.15) is 15.9 Å². The first kappa shape index (κ1) is 19.7. The van der Waals surface area contributed by atoms with Crippen LogP contribution in [0.4, 0.5) is 17.2 Å². The molecule has 2 aromatic carbocycles. The molecule has 5 nitrogen and oxygen atoms in total. The zero-order valence-electron chi connectivity index (χ0n) is 15.9. The molecule has 1 amide bonds. The molecule has 28 heavy (non-hydrogen) atoms. The third kappa shape index (κ3) is 5.47. The first-order valence-electron chi connectivity index (χ1n) is 9.04. The zero-order chi connectivity index (χ0) is 19.9. The second-order valence-corrected chi connectivity index (χ2v) is 7.07. The first-order valence-corrected chi connectivity index (χ1v) is 9.42. The molecule has 0 atom stereocenters. The number of nitrogens with one attached hydrogen (secondary N) is 2. The van der Waals surface area contributed by atoms with E-state index in [1.165, 1.54) is 0 Å². The summed E-state index contributed by atoms with van der Waals surface area (Å²) in [5.41, 5.74) is 3.53. The molecule has 0 aliphatic heterocycles. The highest BCUT2D eigenvalue weighted by atomic mass is 35.5. The van der Waals surface area contributed by atoms with Crippen molar-refractivity contribution in [1.29, 1.82) is 0 Å². The van der Waals surface area contributed by atoms with Gasteiger partial charge in [-0.05, 0) is 60.5 Å². The average molecular weight is 395 g/mol. The van der Waals surface area contributed by atoms with Crippen LogP contribution in [-0.4, -0.2) is 31.5 Å². The van der Waals surface area contributed by atoms with Crippen LogP contribution in [0.5, 0.6) is 0 Å². The number of carbonyl (C=O) groups excluding carboxylic acids is 1. The summed E-state index contributed by atoms with van der Waals surface area (Å²) in [4.78, 5) is 18.8. The first-order chi connectivity index (χ1) is 13.5. The van der Waals surface area contributed by atoms with Crippen molar-refractivity contribution < 1.29 is 4.79 Å². The number of rotatable bonds is 7. The highest BCUT2D eigenvalue weighted by Gasteiger charge is 2.08. The lowest BCUT2D eigenvalue weighted by Crippen LogP contribution is -2.14. The minimum atomic E-state index is -0.169. The molecule has 3 rings (SSSR count). The second-order valence-electron chi connectivity index (χ2n) is 6.63. The van der Waals surface area contributed by atoms with Crippen molar-refractivity contribution in [3.8, 4) is 0 Å². The van der Waals surface area contributed by atoms with Gasteiger partial charge in [0, 0.05) is 48.8 Å². The van der Waals surface area contributed by atoms with E-state index in [-0.39, 0.29) is 5.91 Å². The van der Waals surface area contributed by atoms with Gasteiger partial charge in [-0.1, -0.05) is 23.7 Å². The SMILES string of the molecule is CN(C)c1ccc(NC(=O)c2ccnc(NCCc3cccc(Cl)c3)c2)cc1. The highest BCUT2D eigenvalue weighted by molar-refractivity contribution is 6.30. The van der Waals surface area contributed by atoms with Crippen LogP contribution in [0.2, 0.25) is 5.02 Å². The van der Waals surface area contributed by atoms with Crippen molar-refractivity contribution >= 4 is 34.7 Å². The van der Waals surface area contributed by atoms with Gasteiger partial charge < -0.3 is 15.5 Å². The molecular formula is C22H23ClN4O. The van der Waals surface area contributed by atoms with Crippen LogP contribution in [0.25, 0.3) is 0 Å². The number of benzene rings is 2. The molecule has 0 saturated carbocycles. The van der Waals surface area contributed by atoms with Crippen molar-refractivity contribution in [2.75, 3.05) is 36.2 Å². The summed E-state index contributed by atoms with van der Waals surface area (Å²) in [6.45, 7) is 0.699. The lowest BCUT2D eigenvalue weighted by Gasteiger charge is -2.13. The average Bonchev–Trinajstić information content (AvgIpc) is 2.69. The molecule has 6 heteroatoms. The Hall–Kier alpha value is -3.05. The zero-order valence-corrected chi connectivity index (χ0v) is 16.7. The van der Waals surface area contributed by atoms with Gasteiger partial charge in [0.2, 0.25) is 0 Å². The molecule has 0 spiro atoms. The number of hydrogen-bond acceptors (Lipinski definition) is 4. The summed E-state index contributed by atoms with van der Waals surface area (Å²) in [6.07, 6.45) is 2.45. The molecule has 0 unspecified atom stereocenters. The van der Waals surface area contributed by atoms with Crippen molar-refractivity contribution in [3.63, 3.8) is 0 Å². The number of carbonyl (C=O) groups is 1. The summed E-state index contributed by atoms with van der Waals surface area (Å²) in [6, 6.07) is 18.9. The van der Waals surface area contributed by atoms with Gasteiger partial charge in [0.1, 0.15) is 5.82 Å². The fourth-order valence-corrected chi connectivity index (χ4v) is 2.95. The lowest BCUT2D eigenvalue weighted by molar-refractivity contribution is 0.102. The fraction of sp³-hybridized carbons (Fsp3) is 0.182. The van der Waals surface area contributed by atoms with Crippen molar-refractivity contribution in [2.24, 2.45) is 0 Å². The largest absolute Gasteiger partial charge is 0.378 e. The van der Waals surface area contributed by atoms with Gasteiger partial charge in [0.05, 0.1) is 0 Å². The van der Waals surface area contributed by atoms with E-state index >= 15 is 0 Å². The summed E-state index contributed by atoms with van der Waals surface area (Å²) in [5.74, 6) is 0.496. The maximum absolute atomic E-state index is 12.5. The number of aromatic nitrogens is 1. The molecule has 0 saturated heterocycles. The standard InChI is InChI=1S/C22H23ClN4O/c1-27(2)20-8-6-19(7-9-20)26-22(28)17-11-13-25-21(15-17)24-12-10-16-4-3-5-18(23)14-16/h3-9,11,13-15H,10,12H2,1-2H3,(H,24,25)(H,26,28). The molecule has 3 aromatic rings. The van der Waals surface area contributed by atoms with Gasteiger partial charge in [-0.2, -0.15) is 0 Å². The number of anilines is 3. The van der Waals surface area contributed by atoms with Crippen molar-refractivity contribution in [2.45, 2.75) is 6.42 Å². The van der Waals surface area contributed by atoms with E-state index in [1.54, 1.807) is 18.3 Å². The van der Waals surface area contributed by atoms with Crippen LogP contribution in [0, 0.1) is 0 Å². The molecule has 0 fully saturated rings. The summed E-state index contributed by atoms with van der Waals surface area (Å²) in [5, 5.41) is 6.89. The molecule has 0 aliphatic carbocycles. The predicted octanol–water partition coefficient (Wildman–Crippen LogP) is 4.71. The monoisotopic (exact) mass is 394 g/mol. The quantitative estimate of drug-likeness (QED) is 0.609. The summed E-state index contributed by atoms with van der Waals surface area (Å²) >= 11 is 6.01. The van der Waals surface area contributed by atoms with Crippen molar-refractivity contribution in [3.05, 3.63) is 83.0 Å². The predicted molar refractivity (Wildman–Crippen MR) is 117 cm³/mol. The van der Waals surface area contributed by atoms with Gasteiger partial charge in [0.25, 0.3) is 5.91 Å². The molecule has 1 heterocycles. The lowest BCUT2D eigenvalue weighted by atomic mass is 10.1. The van der Waals surface area contributed by atoms with Crippen LogP contribution in [0.3, 0.4) is 0 Å². The summed E-state index contributed by atoms with van der Waals surface area (Å²) in [7, 11) is 3.96. The Bertz CT molecular complexity index is 941. The normalized spacial score (nSPS) is 10.4. The van der Waals surface area contributed by atoms with E-state index in [1.807, 2.05) is 67.5 Å². The number of nitrogens with zero attached hydrogens (tertiary/aromatic N) is 2. The van der Waals surface area contributed by atoms with Crippen molar-refractivity contribution in [1.82, 2.24) is 4.98 Å². The van der Waals surface area contributed by atoms with E-state index in [4.69, 9.17) is 11.6 Å². The molecular weight excluding hydrogens is 372 g/mol. The van der Waals surface area contributed by atoms with Gasteiger partial charge in [-0.15, -0.1) is 0 Å². The van der Waals surface area contributed by atoms with Gasteiger partial charge in [0.15, 0.2) is 0 Å². The van der Waals surface area contributed by atoms with E-state index in [2.05, 4.69) is 15.6 Å². The number of hydrogen-bond donors (Lipinski definition) is 2. The number of halogens is 1. The Labute approximate surface area is 170 Å². The third-order valence-electron chi connectivity index (χ3n) is 4.27. The highest BCUT2D eigenvalue weighted by Crippen LogP contribution is 2.17. The minimum Gasteiger partial charge on any atom is -0.378 e. The molecule has 2 N–H and O–H groups in total. The smallest absolute Gasteiger partial charge is 0.255 e. The molecule has 0 radical (unpaired) electrons. The van der Waals surface area contributed by atoms with Crippen LogP contribution in [0.15, 0.2) is 66.9 Å². The fourth-order valence-electron chi connectivity index (χ4n) is 2.74. The van der Waals surface area contributed by atoms with Gasteiger partial charge >= 0.3 is 0 Å². The van der Waals surface area contributed by atoms with Crippen LogP contribution < -0.4 is 15.5 Å². The Morgan fingerprint density at radius 1 is 1.07 bits per heavy atom. The molecule has 0 aliphatic rings. The number of amides is 1. The maximum Gasteiger partial charge on any atom is 0.255 e. The Kier molecular flexibility index (Phi) is 6.50. The minimum absolute atomic E-state index is 0.169. The van der Waals surface area contributed by atoms with Gasteiger partial charge in [-0.25, -0.2) is 4.98 Å². The Morgan fingerprint density at radius 3 is 2.57 bits per heavy atom. The van der Waals surface area contributed by atoms with E-state index in [9.17, 15) is 4.79 Å². The molecule has 0 bridgehead atoms. The molecule has 1 aromatic heterocycles. The van der Waals surface area contributed by atoms with Crippen LogP contribution >= 0.6 is 11.6 Å². The Balaban J connectivity index is 1.58. The van der Waals surface area contributed by atoms with E-state index < -0.39 is 0 Å². The van der Waals surface area contributed by atoms with E-state index in [0.717, 1.165) is 28.4 Å². The number of pyridine rings is 1. The third-order valence-corrected chi connectivity index (χ3v) is 4.51. The maximum atomic E-state index is 12.5. The topological polar surface area (TPSA) is 57.3 Å². The van der Waals surface area contributed by atoms with Gasteiger partial charge in [-0.3, -0.25) is 4.79 Å². The second kappa shape index (κ2) is 9.24. The van der Waals surface area contributed by atoms with E-state index in [0.29, 0.717) is 17.9 Å². The van der Waals surface area contributed by atoms with Crippen LogP contribution in [-0.2, 0) is 6.42 Å². The molecule has 144 valence electrons. The Morgan fingerprint density at radius 2 is 1.86 bits per heavy atom.